The van der Waals surface area contributed by atoms with Crippen molar-refractivity contribution >= 4 is 10.9 Å². The maximum absolute atomic E-state index is 13.3. The Labute approximate surface area is 212 Å². The number of tetrazole rings is 1. The number of nitrogens with one attached hydrogen (secondary N) is 1. The van der Waals surface area contributed by atoms with E-state index in [4.69, 9.17) is 9.47 Å². The molecular formula is C27H38N6O3. The molecule has 0 bridgehead atoms. The van der Waals surface area contributed by atoms with Crippen molar-refractivity contribution in [3.05, 3.63) is 39.9 Å². The van der Waals surface area contributed by atoms with Gasteiger partial charge in [-0.3, -0.25) is 9.69 Å². The van der Waals surface area contributed by atoms with Crippen LogP contribution in [-0.2, 0) is 12.1 Å². The fourth-order valence-corrected chi connectivity index (χ4v) is 5.56. The summed E-state index contributed by atoms with van der Waals surface area (Å²) < 4.78 is 13.5. The molecule has 1 saturated carbocycles. The zero-order chi connectivity index (χ0) is 25.3. The number of ether oxygens (including phenoxy) is 2. The monoisotopic (exact) mass is 494 g/mol. The molecule has 1 fully saturated rings. The first-order chi connectivity index (χ1) is 17.4. The van der Waals surface area contributed by atoms with E-state index in [1.807, 2.05) is 22.9 Å². The van der Waals surface area contributed by atoms with Crippen LogP contribution in [0.25, 0.3) is 10.9 Å². The minimum absolute atomic E-state index is 0.0179. The van der Waals surface area contributed by atoms with Crippen molar-refractivity contribution < 1.29 is 9.47 Å². The van der Waals surface area contributed by atoms with Gasteiger partial charge < -0.3 is 14.5 Å². The predicted octanol–water partition coefficient (Wildman–Crippen LogP) is 4.72. The third-order valence-electron chi connectivity index (χ3n) is 8.00. The molecule has 0 saturated heterocycles. The summed E-state index contributed by atoms with van der Waals surface area (Å²) in [5, 5.41) is 13.9. The largest absolute Gasteiger partial charge is 0.486 e. The molecular weight excluding hydrogens is 456 g/mol. The van der Waals surface area contributed by atoms with Crippen LogP contribution in [0.2, 0.25) is 0 Å². The number of fused-ring (bicyclic) bond motifs is 2. The van der Waals surface area contributed by atoms with Crippen molar-refractivity contribution in [2.75, 3.05) is 13.2 Å². The molecule has 2 aliphatic rings. The number of hydrogen-bond acceptors (Lipinski definition) is 7. The van der Waals surface area contributed by atoms with E-state index < -0.39 is 0 Å². The molecule has 3 heterocycles. The fourth-order valence-electron chi connectivity index (χ4n) is 5.56. The molecule has 9 nitrogen and oxygen atoms in total. The zero-order valence-corrected chi connectivity index (χ0v) is 21.9. The Kier molecular flexibility index (Phi) is 7.01. The van der Waals surface area contributed by atoms with Crippen molar-refractivity contribution in [2.24, 2.45) is 0 Å². The van der Waals surface area contributed by atoms with Gasteiger partial charge in [0.1, 0.15) is 13.2 Å². The molecule has 5 rings (SSSR count). The van der Waals surface area contributed by atoms with E-state index >= 15 is 0 Å². The molecule has 1 aliphatic heterocycles. The van der Waals surface area contributed by atoms with Crippen molar-refractivity contribution in [2.45, 2.75) is 96.8 Å². The highest BCUT2D eigenvalue weighted by atomic mass is 16.6. The minimum Gasteiger partial charge on any atom is -0.486 e. The normalized spacial score (nSPS) is 17.6. The van der Waals surface area contributed by atoms with Gasteiger partial charge in [0.15, 0.2) is 17.3 Å². The molecule has 1 atom stereocenters. The van der Waals surface area contributed by atoms with Crippen molar-refractivity contribution in [3.63, 3.8) is 0 Å². The number of benzene rings is 1. The molecule has 2 aromatic heterocycles. The quantitative estimate of drug-likeness (QED) is 0.484. The molecule has 9 heteroatoms. The first kappa shape index (κ1) is 24.7. The lowest BCUT2D eigenvalue weighted by Crippen LogP contribution is -2.42. The summed E-state index contributed by atoms with van der Waals surface area (Å²) in [7, 11) is 0. The van der Waals surface area contributed by atoms with Gasteiger partial charge in [-0.25, -0.2) is 4.68 Å². The third-order valence-corrected chi connectivity index (χ3v) is 8.00. The van der Waals surface area contributed by atoms with Crippen LogP contribution in [-0.4, -0.2) is 49.3 Å². The van der Waals surface area contributed by atoms with Crippen LogP contribution in [0.1, 0.15) is 90.1 Å². The molecule has 1 aliphatic carbocycles. The highest BCUT2D eigenvalue weighted by Crippen LogP contribution is 2.36. The van der Waals surface area contributed by atoms with E-state index in [-0.39, 0.29) is 17.1 Å². The highest BCUT2D eigenvalue weighted by Gasteiger charge is 2.34. The average Bonchev–Trinajstić information content (AvgIpc) is 3.39. The van der Waals surface area contributed by atoms with Gasteiger partial charge in [0.2, 0.25) is 0 Å². The highest BCUT2D eigenvalue weighted by molar-refractivity contribution is 5.83. The van der Waals surface area contributed by atoms with E-state index in [9.17, 15) is 4.79 Å². The Hall–Kier alpha value is -2.94. The lowest BCUT2D eigenvalue weighted by Gasteiger charge is -2.40. The maximum Gasteiger partial charge on any atom is 0.252 e. The summed E-state index contributed by atoms with van der Waals surface area (Å²) in [4.78, 5) is 18.9. The molecule has 36 heavy (non-hydrogen) atoms. The van der Waals surface area contributed by atoms with Crippen LogP contribution in [0.3, 0.4) is 0 Å². The van der Waals surface area contributed by atoms with Crippen molar-refractivity contribution in [1.29, 1.82) is 0 Å². The number of aromatic amines is 1. The SMILES string of the molecule is CCC(c1nnnn1C(C)(C)CC)N(Cc1cc2cc3c(cc2[nH]c1=O)OCCO3)C1CCCCC1. The second kappa shape index (κ2) is 10.2. The number of H-pyrrole nitrogens is 1. The molecule has 0 amide bonds. The van der Waals surface area contributed by atoms with E-state index in [2.05, 4.69) is 53.1 Å². The summed E-state index contributed by atoms with van der Waals surface area (Å²) in [6.45, 7) is 10.3. The van der Waals surface area contributed by atoms with Gasteiger partial charge in [-0.1, -0.05) is 33.1 Å². The van der Waals surface area contributed by atoms with Crippen LogP contribution in [0.15, 0.2) is 23.0 Å². The van der Waals surface area contributed by atoms with Gasteiger partial charge in [0, 0.05) is 29.6 Å². The van der Waals surface area contributed by atoms with Crippen LogP contribution in [0.5, 0.6) is 11.5 Å². The Bertz CT molecular complexity index is 1260. The molecule has 1 unspecified atom stereocenters. The Morgan fingerprint density at radius 1 is 1.11 bits per heavy atom. The van der Waals surface area contributed by atoms with Crippen LogP contribution < -0.4 is 15.0 Å². The lowest BCUT2D eigenvalue weighted by molar-refractivity contribution is 0.0801. The average molecular weight is 495 g/mol. The topological polar surface area (TPSA) is 98.2 Å². The van der Waals surface area contributed by atoms with Crippen LogP contribution >= 0.6 is 0 Å². The van der Waals surface area contributed by atoms with Crippen LogP contribution in [0.4, 0.5) is 0 Å². The molecule has 1 aromatic carbocycles. The fraction of sp³-hybridized carbons (Fsp3) is 0.630. The van der Waals surface area contributed by atoms with Gasteiger partial charge in [0.25, 0.3) is 5.56 Å². The number of hydrogen-bond donors (Lipinski definition) is 1. The van der Waals surface area contributed by atoms with Crippen molar-refractivity contribution in [1.82, 2.24) is 30.1 Å². The second-order valence-electron chi connectivity index (χ2n) is 10.7. The second-order valence-corrected chi connectivity index (χ2v) is 10.7. The first-order valence-electron chi connectivity index (χ1n) is 13.4. The molecule has 194 valence electrons. The van der Waals surface area contributed by atoms with Gasteiger partial charge in [-0.15, -0.1) is 5.10 Å². The summed E-state index contributed by atoms with van der Waals surface area (Å²) in [6, 6.07) is 6.24. The van der Waals surface area contributed by atoms with E-state index in [1.165, 1.54) is 19.3 Å². The standard InChI is InChI=1S/C27H38N6O3/c1-5-22(25-29-30-31-33(25)27(3,4)6-2)32(20-10-8-7-9-11-20)17-19-14-18-15-23-24(36-13-12-35-23)16-21(18)28-26(19)34/h14-16,20,22H,5-13,17H2,1-4H3,(H,28,34). The summed E-state index contributed by atoms with van der Waals surface area (Å²) in [5.41, 5.74) is 1.25. The van der Waals surface area contributed by atoms with Crippen LogP contribution in [0, 0.1) is 0 Å². The minimum atomic E-state index is -0.188. The van der Waals surface area contributed by atoms with E-state index in [0.717, 1.165) is 53.7 Å². The number of nitrogens with zero attached hydrogens (tertiary/aromatic N) is 5. The van der Waals surface area contributed by atoms with Gasteiger partial charge in [0.05, 0.1) is 17.1 Å². The predicted molar refractivity (Wildman–Crippen MR) is 138 cm³/mol. The smallest absolute Gasteiger partial charge is 0.252 e. The maximum atomic E-state index is 13.3. The molecule has 0 radical (unpaired) electrons. The first-order valence-corrected chi connectivity index (χ1v) is 13.4. The Morgan fingerprint density at radius 3 is 2.53 bits per heavy atom. The molecule has 3 aromatic rings. The van der Waals surface area contributed by atoms with Gasteiger partial charge in [-0.2, -0.15) is 0 Å². The zero-order valence-electron chi connectivity index (χ0n) is 21.9. The number of aromatic nitrogens is 5. The molecule has 1 N–H and O–H groups in total. The summed E-state index contributed by atoms with van der Waals surface area (Å²) in [6.07, 6.45) is 7.72. The van der Waals surface area contributed by atoms with Crippen molar-refractivity contribution in [3.8, 4) is 11.5 Å². The van der Waals surface area contributed by atoms with Gasteiger partial charge >= 0.3 is 0 Å². The Morgan fingerprint density at radius 2 is 1.83 bits per heavy atom. The third kappa shape index (κ3) is 4.73. The van der Waals surface area contributed by atoms with E-state index in [0.29, 0.717) is 31.5 Å². The number of pyridine rings is 1. The number of rotatable bonds is 8. The summed E-state index contributed by atoms with van der Waals surface area (Å²) >= 11 is 0. The summed E-state index contributed by atoms with van der Waals surface area (Å²) in [5.74, 6) is 2.28. The molecule has 0 spiro atoms. The Balaban J connectivity index is 1.54. The van der Waals surface area contributed by atoms with E-state index in [1.54, 1.807) is 0 Å². The van der Waals surface area contributed by atoms with Gasteiger partial charge in [-0.05, 0) is 62.1 Å². The lowest BCUT2D eigenvalue weighted by atomic mass is 9.91.